The number of hydrogen-bond acceptors (Lipinski definition) is 2. The van der Waals surface area contributed by atoms with Crippen molar-refractivity contribution in [3.05, 3.63) is 35.4 Å². The molecule has 4 heteroatoms. The summed E-state index contributed by atoms with van der Waals surface area (Å²) in [6, 6.07) is 9.07. The van der Waals surface area contributed by atoms with Gasteiger partial charge in [-0.15, -0.1) is 0 Å². The van der Waals surface area contributed by atoms with Crippen LogP contribution in [0.25, 0.3) is 0 Å². The molecule has 2 aliphatic rings. The molecule has 20 heavy (non-hydrogen) atoms. The maximum absolute atomic E-state index is 11.9. The molecule has 1 saturated carbocycles. The smallest absolute Gasteiger partial charge is 0.315 e. The van der Waals surface area contributed by atoms with Crippen LogP contribution in [0.3, 0.4) is 0 Å². The van der Waals surface area contributed by atoms with Crippen molar-refractivity contribution in [2.45, 2.75) is 44.2 Å². The molecule has 0 radical (unpaired) electrons. The molecule has 0 bridgehead atoms. The van der Waals surface area contributed by atoms with Gasteiger partial charge >= 0.3 is 6.03 Å². The van der Waals surface area contributed by atoms with Crippen molar-refractivity contribution >= 4 is 6.03 Å². The minimum atomic E-state index is -0.0262. The van der Waals surface area contributed by atoms with Crippen LogP contribution in [0.15, 0.2) is 24.3 Å². The van der Waals surface area contributed by atoms with Gasteiger partial charge in [-0.05, 0) is 36.9 Å². The monoisotopic (exact) mass is 273 g/mol. The summed E-state index contributed by atoms with van der Waals surface area (Å²) >= 11 is 0. The molecule has 1 fully saturated rings. The van der Waals surface area contributed by atoms with Gasteiger partial charge in [0.25, 0.3) is 0 Å². The lowest BCUT2D eigenvalue weighted by Crippen LogP contribution is -2.45. The molecule has 0 spiro atoms. The van der Waals surface area contributed by atoms with Crippen molar-refractivity contribution < 1.29 is 4.79 Å². The second kappa shape index (κ2) is 6.27. The van der Waals surface area contributed by atoms with Crippen molar-refractivity contribution in [2.24, 2.45) is 0 Å². The Kier molecular flexibility index (Phi) is 4.21. The van der Waals surface area contributed by atoms with Gasteiger partial charge in [0.2, 0.25) is 0 Å². The Morgan fingerprint density at radius 1 is 1.25 bits per heavy atom. The molecule has 1 aliphatic heterocycles. The number of fused-ring (bicyclic) bond motifs is 1. The van der Waals surface area contributed by atoms with E-state index in [2.05, 4.69) is 40.2 Å². The summed E-state index contributed by atoms with van der Waals surface area (Å²) in [6.45, 7) is 1.63. The fourth-order valence-electron chi connectivity index (χ4n) is 3.28. The van der Waals surface area contributed by atoms with E-state index >= 15 is 0 Å². The molecule has 1 aromatic rings. The maximum atomic E-state index is 11.9. The van der Waals surface area contributed by atoms with Gasteiger partial charge in [0.15, 0.2) is 0 Å². The lowest BCUT2D eigenvalue weighted by Gasteiger charge is -2.27. The van der Waals surface area contributed by atoms with Crippen LogP contribution in [0.4, 0.5) is 4.79 Å². The van der Waals surface area contributed by atoms with Gasteiger partial charge in [0.05, 0.1) is 0 Å². The Morgan fingerprint density at radius 2 is 2.05 bits per heavy atom. The molecule has 3 N–H and O–H groups in total. The molecule has 4 nitrogen and oxygen atoms in total. The number of carbonyl (C=O) groups excluding carboxylic acids is 1. The van der Waals surface area contributed by atoms with E-state index in [1.807, 2.05) is 0 Å². The summed E-state index contributed by atoms with van der Waals surface area (Å²) in [5.41, 5.74) is 2.72. The zero-order valence-corrected chi connectivity index (χ0v) is 11.8. The molecule has 1 atom stereocenters. The van der Waals surface area contributed by atoms with Gasteiger partial charge in [0, 0.05) is 18.6 Å². The van der Waals surface area contributed by atoms with Gasteiger partial charge in [-0.25, -0.2) is 4.79 Å². The van der Waals surface area contributed by atoms with E-state index in [0.29, 0.717) is 12.6 Å². The van der Waals surface area contributed by atoms with E-state index in [9.17, 15) is 4.79 Å². The summed E-state index contributed by atoms with van der Waals surface area (Å²) in [5.74, 6) is 0. The summed E-state index contributed by atoms with van der Waals surface area (Å²) in [5, 5.41) is 9.55. The van der Waals surface area contributed by atoms with Crippen molar-refractivity contribution in [3.63, 3.8) is 0 Å². The highest BCUT2D eigenvalue weighted by atomic mass is 16.2. The number of urea groups is 1. The van der Waals surface area contributed by atoms with Crippen LogP contribution in [0, 0.1) is 0 Å². The summed E-state index contributed by atoms with van der Waals surface area (Å²) < 4.78 is 0. The molecular formula is C16H23N3O. The minimum Gasteiger partial charge on any atom is -0.336 e. The first-order valence-corrected chi connectivity index (χ1v) is 7.68. The van der Waals surface area contributed by atoms with E-state index in [-0.39, 0.29) is 12.1 Å². The normalized spacial score (nSPS) is 22.3. The van der Waals surface area contributed by atoms with Crippen LogP contribution >= 0.6 is 0 Å². The highest BCUT2D eigenvalue weighted by molar-refractivity contribution is 5.74. The molecule has 1 aromatic carbocycles. The fourth-order valence-corrected chi connectivity index (χ4v) is 3.28. The standard InChI is InChI=1S/C16H23N3O/c20-16(19-13-6-2-3-7-13)18-11-15-14-8-4-1-5-12(14)9-10-17-15/h1,4-5,8,13,15,17H,2-3,6-7,9-11H2,(H2,18,19,20). The first kappa shape index (κ1) is 13.4. The molecule has 1 aliphatic carbocycles. The highest BCUT2D eigenvalue weighted by Gasteiger charge is 2.21. The Morgan fingerprint density at radius 3 is 2.90 bits per heavy atom. The molecule has 3 rings (SSSR count). The van der Waals surface area contributed by atoms with E-state index in [1.54, 1.807) is 0 Å². The third-order valence-electron chi connectivity index (χ3n) is 4.37. The first-order valence-electron chi connectivity index (χ1n) is 7.68. The van der Waals surface area contributed by atoms with Crippen LogP contribution < -0.4 is 16.0 Å². The number of benzene rings is 1. The molecule has 1 unspecified atom stereocenters. The zero-order chi connectivity index (χ0) is 13.8. The number of carbonyl (C=O) groups is 1. The largest absolute Gasteiger partial charge is 0.336 e. The van der Waals surface area contributed by atoms with Crippen molar-refractivity contribution in [1.29, 1.82) is 0 Å². The molecule has 0 saturated heterocycles. The van der Waals surface area contributed by atoms with Crippen molar-refractivity contribution in [1.82, 2.24) is 16.0 Å². The van der Waals surface area contributed by atoms with Crippen LogP contribution in [0.5, 0.6) is 0 Å². The summed E-state index contributed by atoms with van der Waals surface area (Å²) in [6.07, 6.45) is 5.79. The average Bonchev–Trinajstić information content (AvgIpc) is 2.98. The topological polar surface area (TPSA) is 53.2 Å². The van der Waals surface area contributed by atoms with Gasteiger partial charge in [-0.3, -0.25) is 0 Å². The molecule has 108 valence electrons. The Bertz CT molecular complexity index is 469. The fraction of sp³-hybridized carbons (Fsp3) is 0.562. The number of rotatable bonds is 3. The maximum Gasteiger partial charge on any atom is 0.315 e. The van der Waals surface area contributed by atoms with Gasteiger partial charge in [-0.1, -0.05) is 37.1 Å². The molecule has 0 aromatic heterocycles. The SMILES string of the molecule is O=C(NCC1NCCc2ccccc21)NC1CCCC1. The van der Waals surface area contributed by atoms with E-state index < -0.39 is 0 Å². The highest BCUT2D eigenvalue weighted by Crippen LogP contribution is 2.22. The summed E-state index contributed by atoms with van der Waals surface area (Å²) in [7, 11) is 0. The van der Waals surface area contributed by atoms with Crippen molar-refractivity contribution in [2.75, 3.05) is 13.1 Å². The van der Waals surface area contributed by atoms with E-state index in [4.69, 9.17) is 0 Å². The van der Waals surface area contributed by atoms with Crippen molar-refractivity contribution in [3.8, 4) is 0 Å². The summed E-state index contributed by atoms with van der Waals surface area (Å²) in [4.78, 5) is 11.9. The third-order valence-corrected chi connectivity index (χ3v) is 4.37. The Hall–Kier alpha value is -1.55. The van der Waals surface area contributed by atoms with E-state index in [0.717, 1.165) is 25.8 Å². The van der Waals surface area contributed by atoms with Crippen LogP contribution in [0.2, 0.25) is 0 Å². The lowest BCUT2D eigenvalue weighted by molar-refractivity contribution is 0.235. The second-order valence-electron chi connectivity index (χ2n) is 5.79. The zero-order valence-electron chi connectivity index (χ0n) is 11.8. The van der Waals surface area contributed by atoms with E-state index in [1.165, 1.54) is 24.0 Å². The lowest BCUT2D eigenvalue weighted by atomic mass is 9.94. The average molecular weight is 273 g/mol. The number of hydrogen-bond donors (Lipinski definition) is 3. The second-order valence-corrected chi connectivity index (χ2v) is 5.79. The molecule has 1 heterocycles. The number of nitrogens with one attached hydrogen (secondary N) is 3. The van der Waals surface area contributed by atoms with Gasteiger partial charge < -0.3 is 16.0 Å². The van der Waals surface area contributed by atoms with Crippen LogP contribution in [-0.2, 0) is 6.42 Å². The Balaban J connectivity index is 1.52. The van der Waals surface area contributed by atoms with Crippen LogP contribution in [-0.4, -0.2) is 25.2 Å². The predicted octanol–water partition coefficient (Wildman–Crippen LogP) is 2.12. The third kappa shape index (κ3) is 3.12. The quantitative estimate of drug-likeness (QED) is 0.790. The van der Waals surface area contributed by atoms with Crippen LogP contribution in [0.1, 0.15) is 42.9 Å². The first-order chi connectivity index (χ1) is 9.83. The molecule has 2 amide bonds. The predicted molar refractivity (Wildman–Crippen MR) is 79.7 cm³/mol. The van der Waals surface area contributed by atoms with Gasteiger partial charge in [0.1, 0.15) is 0 Å². The Labute approximate surface area is 120 Å². The number of amides is 2. The van der Waals surface area contributed by atoms with Gasteiger partial charge in [-0.2, -0.15) is 0 Å². The molecular weight excluding hydrogens is 250 g/mol. The minimum absolute atomic E-state index is 0.0262.